The van der Waals surface area contributed by atoms with E-state index in [1.165, 1.54) is 11.8 Å². The summed E-state index contributed by atoms with van der Waals surface area (Å²) in [6.45, 7) is 2.59. The van der Waals surface area contributed by atoms with E-state index in [1.54, 1.807) is 15.8 Å². The molecule has 4 nitrogen and oxygen atoms in total. The Balaban J connectivity index is 1.88. The summed E-state index contributed by atoms with van der Waals surface area (Å²) in [5.74, 6) is 0.0120. The Morgan fingerprint density at radius 3 is 2.91 bits per heavy atom. The van der Waals surface area contributed by atoms with Crippen molar-refractivity contribution in [2.45, 2.75) is 11.6 Å². The molecule has 2 aromatic rings. The zero-order valence-corrected chi connectivity index (χ0v) is 14.3. The van der Waals surface area contributed by atoms with Crippen LogP contribution in [0.5, 0.6) is 0 Å². The average molecular weight is 352 g/mol. The molecule has 1 aliphatic heterocycles. The van der Waals surface area contributed by atoms with E-state index in [0.717, 1.165) is 11.3 Å². The number of likely N-dealkylation sites (N-methyl/N-ethyl adjacent to an activating group) is 1. The fourth-order valence-electron chi connectivity index (χ4n) is 2.20. The highest BCUT2D eigenvalue weighted by atomic mass is 35.5. The Hall–Kier alpha value is -1.37. The Kier molecular flexibility index (Phi) is 4.52. The van der Waals surface area contributed by atoms with E-state index in [9.17, 15) is 4.79 Å². The summed E-state index contributed by atoms with van der Waals surface area (Å²) in [6, 6.07) is 7.49. The lowest BCUT2D eigenvalue weighted by molar-refractivity contribution is -0.124. The minimum Gasteiger partial charge on any atom is -0.317 e. The lowest BCUT2D eigenvalue weighted by atomic mass is 10.3. The van der Waals surface area contributed by atoms with Gasteiger partial charge in [0.2, 0.25) is 0 Å². The number of aromatic nitrogens is 2. The number of benzene rings is 1. The predicted octanol–water partition coefficient (Wildman–Crippen LogP) is 3.68. The topological polar surface area (TPSA) is 38.1 Å². The monoisotopic (exact) mass is 351 g/mol. The third kappa shape index (κ3) is 2.91. The number of halogens is 1. The van der Waals surface area contributed by atoms with Crippen molar-refractivity contribution in [2.24, 2.45) is 0 Å². The third-order valence-corrected chi connectivity index (χ3v) is 5.24. The molecule has 1 amide bonds. The number of rotatable bonds is 3. The molecule has 2 heterocycles. The van der Waals surface area contributed by atoms with Crippen LogP contribution in [0, 0.1) is 0 Å². The van der Waals surface area contributed by atoms with Gasteiger partial charge in [0.1, 0.15) is 4.71 Å². The molecule has 1 aliphatic rings. The van der Waals surface area contributed by atoms with E-state index in [-0.39, 0.29) is 10.6 Å². The van der Waals surface area contributed by atoms with E-state index >= 15 is 0 Å². The molecule has 1 saturated heterocycles. The number of thioether (sulfide) groups is 1. The molecule has 1 unspecified atom stereocenters. The van der Waals surface area contributed by atoms with Gasteiger partial charge in [-0.1, -0.05) is 35.5 Å². The summed E-state index contributed by atoms with van der Waals surface area (Å²) < 4.78 is 1.58. The van der Waals surface area contributed by atoms with Gasteiger partial charge in [0, 0.05) is 18.3 Å². The Bertz CT molecular complexity index is 744. The molecule has 0 spiro atoms. The van der Waals surface area contributed by atoms with Crippen molar-refractivity contribution in [1.82, 2.24) is 14.7 Å². The fraction of sp³-hybridized carbons (Fsp3) is 0.200. The Labute approximate surface area is 143 Å². The highest BCUT2D eigenvalue weighted by Gasteiger charge is 2.32. The normalized spacial score (nSPS) is 20.1. The second-order valence-electron chi connectivity index (χ2n) is 4.71. The first-order valence-corrected chi connectivity index (χ1v) is 8.54. The molecule has 1 aromatic carbocycles. The molecule has 0 bridgehead atoms. The molecule has 7 heteroatoms. The number of amides is 1. The smallest absolute Gasteiger partial charge is 0.261 e. The second-order valence-corrected chi connectivity index (χ2v) is 7.08. The van der Waals surface area contributed by atoms with Gasteiger partial charge >= 0.3 is 0 Å². The standard InChI is InChI=1S/C15H14ClN3OS2/c1-2-18-14(20)13(22-15(18)21)7-10-8-17-19(9-10)12-6-4-3-5-11(12)16/h3-9,15,21H,2H2,1H3/b13-7-. The molecule has 114 valence electrons. The fourth-order valence-corrected chi connectivity index (χ4v) is 4.05. The maximum Gasteiger partial charge on any atom is 0.261 e. The molecule has 1 aromatic heterocycles. The highest BCUT2D eigenvalue weighted by Crippen LogP contribution is 2.37. The van der Waals surface area contributed by atoms with Crippen LogP contribution in [0.1, 0.15) is 12.5 Å². The van der Waals surface area contributed by atoms with Gasteiger partial charge in [-0.3, -0.25) is 4.79 Å². The van der Waals surface area contributed by atoms with Crippen molar-refractivity contribution >= 4 is 48.0 Å². The van der Waals surface area contributed by atoms with E-state index in [1.807, 2.05) is 43.5 Å². The van der Waals surface area contributed by atoms with E-state index < -0.39 is 0 Å². The number of para-hydroxylation sites is 1. The SMILES string of the molecule is CCN1C(=O)/C(=C/c2cnn(-c3ccccc3Cl)c2)SC1S. The van der Waals surface area contributed by atoms with Crippen LogP contribution in [0.4, 0.5) is 0 Å². The maximum atomic E-state index is 12.2. The van der Waals surface area contributed by atoms with E-state index in [0.29, 0.717) is 16.5 Å². The van der Waals surface area contributed by atoms with Crippen molar-refractivity contribution in [1.29, 1.82) is 0 Å². The van der Waals surface area contributed by atoms with Crippen LogP contribution in [0.2, 0.25) is 5.02 Å². The summed E-state index contributed by atoms with van der Waals surface area (Å²) in [5, 5.41) is 4.94. The molecule has 0 aliphatic carbocycles. The highest BCUT2D eigenvalue weighted by molar-refractivity contribution is 8.14. The molecular formula is C15H14ClN3OS2. The zero-order chi connectivity index (χ0) is 15.7. The quantitative estimate of drug-likeness (QED) is 0.677. The zero-order valence-electron chi connectivity index (χ0n) is 11.8. The first-order valence-electron chi connectivity index (χ1n) is 6.77. The Morgan fingerprint density at radius 2 is 2.23 bits per heavy atom. The van der Waals surface area contributed by atoms with Gasteiger partial charge in [0.05, 0.1) is 21.8 Å². The van der Waals surface area contributed by atoms with Crippen molar-refractivity contribution < 1.29 is 4.79 Å². The molecule has 0 saturated carbocycles. The first kappa shape index (κ1) is 15.5. The van der Waals surface area contributed by atoms with Crippen LogP contribution in [0.15, 0.2) is 41.6 Å². The van der Waals surface area contributed by atoms with E-state index in [4.69, 9.17) is 11.6 Å². The second kappa shape index (κ2) is 6.40. The largest absolute Gasteiger partial charge is 0.317 e. The number of thiol groups is 1. The van der Waals surface area contributed by atoms with Crippen LogP contribution in [-0.2, 0) is 4.79 Å². The van der Waals surface area contributed by atoms with Crippen molar-refractivity contribution in [2.75, 3.05) is 6.54 Å². The van der Waals surface area contributed by atoms with Gasteiger partial charge in [0.15, 0.2) is 0 Å². The van der Waals surface area contributed by atoms with Gasteiger partial charge in [-0.05, 0) is 25.1 Å². The molecule has 22 heavy (non-hydrogen) atoms. The van der Waals surface area contributed by atoms with Crippen LogP contribution in [0.3, 0.4) is 0 Å². The number of hydrogen-bond donors (Lipinski definition) is 1. The summed E-state index contributed by atoms with van der Waals surface area (Å²) in [7, 11) is 0. The molecule has 3 rings (SSSR count). The predicted molar refractivity (Wildman–Crippen MR) is 94.3 cm³/mol. The summed E-state index contributed by atoms with van der Waals surface area (Å²) >= 11 is 12.0. The number of carbonyl (C=O) groups excluding carboxylic acids is 1. The summed E-state index contributed by atoms with van der Waals surface area (Å²) in [4.78, 5) is 14.6. The van der Waals surface area contributed by atoms with Crippen LogP contribution in [-0.4, -0.2) is 31.8 Å². The lowest BCUT2D eigenvalue weighted by Gasteiger charge is -2.15. The first-order chi connectivity index (χ1) is 10.6. The number of hydrogen-bond acceptors (Lipinski definition) is 4. The van der Waals surface area contributed by atoms with Crippen LogP contribution >= 0.6 is 36.0 Å². The number of nitrogens with zero attached hydrogens (tertiary/aromatic N) is 3. The molecule has 0 N–H and O–H groups in total. The van der Waals surface area contributed by atoms with Gasteiger partial charge in [-0.2, -0.15) is 5.10 Å². The van der Waals surface area contributed by atoms with Crippen molar-refractivity contribution in [3.05, 3.63) is 52.2 Å². The van der Waals surface area contributed by atoms with Gasteiger partial charge in [-0.15, -0.1) is 12.6 Å². The number of carbonyl (C=O) groups is 1. The molecule has 0 radical (unpaired) electrons. The molecule has 1 fully saturated rings. The summed E-state index contributed by atoms with van der Waals surface area (Å²) in [5.41, 5.74) is 1.66. The Morgan fingerprint density at radius 1 is 1.45 bits per heavy atom. The van der Waals surface area contributed by atoms with Crippen LogP contribution in [0.25, 0.3) is 11.8 Å². The maximum absolute atomic E-state index is 12.2. The summed E-state index contributed by atoms with van der Waals surface area (Å²) in [6.07, 6.45) is 5.41. The van der Waals surface area contributed by atoms with Crippen LogP contribution < -0.4 is 0 Å². The molecule has 1 atom stereocenters. The third-order valence-electron chi connectivity index (χ3n) is 3.31. The van der Waals surface area contributed by atoms with E-state index in [2.05, 4.69) is 17.7 Å². The minimum atomic E-state index is -0.123. The average Bonchev–Trinajstić information content (AvgIpc) is 3.05. The van der Waals surface area contributed by atoms with Gasteiger partial charge in [-0.25, -0.2) is 4.68 Å². The van der Waals surface area contributed by atoms with Crippen molar-refractivity contribution in [3.63, 3.8) is 0 Å². The van der Waals surface area contributed by atoms with Gasteiger partial charge < -0.3 is 4.90 Å². The minimum absolute atomic E-state index is 0.0120. The van der Waals surface area contributed by atoms with Crippen molar-refractivity contribution in [3.8, 4) is 5.69 Å². The van der Waals surface area contributed by atoms with Gasteiger partial charge in [0.25, 0.3) is 5.91 Å². The molecular weight excluding hydrogens is 338 g/mol. The lowest BCUT2D eigenvalue weighted by Crippen LogP contribution is -2.28.